The Morgan fingerprint density at radius 1 is 1.14 bits per heavy atom. The van der Waals surface area contributed by atoms with Crippen molar-refractivity contribution in [2.24, 2.45) is 28.5 Å². The Hall–Kier alpha value is -0.790. The van der Waals surface area contributed by atoms with E-state index >= 15 is 0 Å². The van der Waals surface area contributed by atoms with E-state index < -0.39 is 0 Å². The highest BCUT2D eigenvalue weighted by Gasteiger charge is 2.14. The van der Waals surface area contributed by atoms with E-state index in [4.69, 9.17) is 5.73 Å². The average Bonchev–Trinajstić information content (AvgIpc) is 2.11. The molecule has 0 bridgehead atoms. The van der Waals surface area contributed by atoms with E-state index in [1.807, 2.05) is 0 Å². The molecule has 2 N–H and O–H groups in total. The fraction of sp³-hybridized carbons (Fsp3) is 0.750. The molecular weight excluding hydrogens is 172 g/mol. The third kappa shape index (κ3) is 3.52. The molecule has 0 spiro atoms. The molecular formula is C12H24N2. The van der Waals surface area contributed by atoms with Crippen LogP contribution in [0.25, 0.3) is 0 Å². The van der Waals surface area contributed by atoms with Crippen molar-refractivity contribution in [2.45, 2.75) is 41.5 Å². The maximum Gasteiger partial charge on any atom is 0.0856 e. The van der Waals surface area contributed by atoms with Gasteiger partial charge in [0, 0.05) is 5.70 Å². The summed E-state index contributed by atoms with van der Waals surface area (Å²) in [6.45, 7) is 13.2. The fourth-order valence-electron chi connectivity index (χ4n) is 1.52. The van der Waals surface area contributed by atoms with Crippen LogP contribution in [0.5, 0.6) is 0 Å². The quantitative estimate of drug-likeness (QED) is 0.544. The molecule has 0 heterocycles. The molecule has 0 fully saturated rings. The Balaban J connectivity index is 4.98. The van der Waals surface area contributed by atoms with Gasteiger partial charge in [0.15, 0.2) is 0 Å². The number of aliphatic imine (C=N–C) groups is 1. The molecule has 14 heavy (non-hydrogen) atoms. The minimum Gasteiger partial charge on any atom is -0.390 e. The Morgan fingerprint density at radius 2 is 1.64 bits per heavy atom. The number of allylic oxidation sites excluding steroid dienone is 2. The standard InChI is InChI=1S/C12H24N2/c1-8(2)10(5)11(6)12(9(3)4)14-7-13/h7-10H,1-6H3,(H2,13,14)/b12-11-. The van der Waals surface area contributed by atoms with Crippen molar-refractivity contribution >= 4 is 6.34 Å². The predicted octanol–water partition coefficient (Wildman–Crippen LogP) is 3.20. The normalized spacial score (nSPS) is 16.6. The third-order valence-electron chi connectivity index (χ3n) is 2.85. The van der Waals surface area contributed by atoms with Gasteiger partial charge >= 0.3 is 0 Å². The molecule has 0 aromatic rings. The third-order valence-corrected chi connectivity index (χ3v) is 2.85. The van der Waals surface area contributed by atoms with Crippen LogP contribution in [0, 0.1) is 17.8 Å². The Kier molecular flexibility index (Phi) is 5.51. The zero-order valence-electron chi connectivity index (χ0n) is 10.3. The van der Waals surface area contributed by atoms with E-state index in [1.165, 1.54) is 11.9 Å². The van der Waals surface area contributed by atoms with Gasteiger partial charge in [-0.2, -0.15) is 0 Å². The SMILES string of the molecule is C/C(=C(/N=CN)C(C)C)C(C)C(C)C. The number of hydrogen-bond acceptors (Lipinski definition) is 1. The minimum atomic E-state index is 0.441. The van der Waals surface area contributed by atoms with Crippen LogP contribution in [0.15, 0.2) is 16.3 Å². The summed E-state index contributed by atoms with van der Waals surface area (Å²) in [6, 6.07) is 0. The maximum absolute atomic E-state index is 5.36. The van der Waals surface area contributed by atoms with E-state index in [-0.39, 0.29) is 0 Å². The highest BCUT2D eigenvalue weighted by molar-refractivity contribution is 5.53. The first-order chi connectivity index (χ1) is 6.41. The maximum atomic E-state index is 5.36. The van der Waals surface area contributed by atoms with Gasteiger partial charge in [-0.05, 0) is 30.3 Å². The van der Waals surface area contributed by atoms with Crippen molar-refractivity contribution in [3.8, 4) is 0 Å². The highest BCUT2D eigenvalue weighted by atomic mass is 14.8. The van der Waals surface area contributed by atoms with Crippen LogP contribution in [-0.2, 0) is 0 Å². The second-order valence-electron chi connectivity index (χ2n) is 4.53. The van der Waals surface area contributed by atoms with Crippen LogP contribution < -0.4 is 5.73 Å². The molecule has 0 amide bonds. The summed E-state index contributed by atoms with van der Waals surface area (Å²) < 4.78 is 0. The summed E-state index contributed by atoms with van der Waals surface area (Å²) in [5.74, 6) is 1.66. The summed E-state index contributed by atoms with van der Waals surface area (Å²) in [6.07, 6.45) is 1.39. The van der Waals surface area contributed by atoms with Gasteiger partial charge in [-0.15, -0.1) is 0 Å². The largest absolute Gasteiger partial charge is 0.390 e. The van der Waals surface area contributed by atoms with Gasteiger partial charge in [-0.3, -0.25) is 0 Å². The smallest absolute Gasteiger partial charge is 0.0856 e. The Bertz CT molecular complexity index is 224. The second kappa shape index (κ2) is 5.84. The molecule has 2 nitrogen and oxygen atoms in total. The van der Waals surface area contributed by atoms with Crippen LogP contribution in [0.2, 0.25) is 0 Å². The van der Waals surface area contributed by atoms with Gasteiger partial charge in [0.1, 0.15) is 0 Å². The van der Waals surface area contributed by atoms with Gasteiger partial charge in [0.05, 0.1) is 6.34 Å². The van der Waals surface area contributed by atoms with Crippen LogP contribution in [-0.4, -0.2) is 6.34 Å². The van der Waals surface area contributed by atoms with E-state index in [1.54, 1.807) is 0 Å². The summed E-state index contributed by atoms with van der Waals surface area (Å²) in [7, 11) is 0. The molecule has 0 radical (unpaired) electrons. The van der Waals surface area contributed by atoms with Crippen LogP contribution in [0.4, 0.5) is 0 Å². The number of hydrogen-bond donors (Lipinski definition) is 1. The lowest BCUT2D eigenvalue weighted by Crippen LogP contribution is -2.10. The molecule has 0 aliphatic heterocycles. The van der Waals surface area contributed by atoms with Crippen molar-refractivity contribution in [1.82, 2.24) is 0 Å². The van der Waals surface area contributed by atoms with E-state index in [2.05, 4.69) is 46.5 Å². The van der Waals surface area contributed by atoms with Crippen molar-refractivity contribution in [1.29, 1.82) is 0 Å². The molecule has 0 aliphatic rings. The average molecular weight is 196 g/mol. The molecule has 0 aromatic carbocycles. The van der Waals surface area contributed by atoms with Crippen molar-refractivity contribution in [3.63, 3.8) is 0 Å². The minimum absolute atomic E-state index is 0.441. The second-order valence-corrected chi connectivity index (χ2v) is 4.53. The summed E-state index contributed by atoms with van der Waals surface area (Å²) in [4.78, 5) is 4.26. The molecule has 2 heteroatoms. The molecule has 1 atom stereocenters. The topological polar surface area (TPSA) is 38.4 Å². The van der Waals surface area contributed by atoms with Gasteiger partial charge in [-0.25, -0.2) is 4.99 Å². The van der Waals surface area contributed by atoms with Gasteiger partial charge in [0.25, 0.3) is 0 Å². The molecule has 82 valence electrons. The predicted molar refractivity (Wildman–Crippen MR) is 64.2 cm³/mol. The van der Waals surface area contributed by atoms with Crippen LogP contribution in [0.3, 0.4) is 0 Å². The molecule has 0 aromatic heterocycles. The Labute approximate surface area is 88.3 Å². The van der Waals surface area contributed by atoms with E-state index in [0.29, 0.717) is 17.8 Å². The van der Waals surface area contributed by atoms with Crippen molar-refractivity contribution in [2.75, 3.05) is 0 Å². The summed E-state index contributed by atoms with van der Waals surface area (Å²) in [5, 5.41) is 0. The number of rotatable bonds is 4. The number of nitrogens with zero attached hydrogens (tertiary/aromatic N) is 1. The first-order valence-corrected chi connectivity index (χ1v) is 5.36. The number of nitrogens with two attached hydrogens (primary N) is 1. The van der Waals surface area contributed by atoms with Crippen molar-refractivity contribution in [3.05, 3.63) is 11.3 Å². The lowest BCUT2D eigenvalue weighted by molar-refractivity contribution is 0.470. The molecule has 0 aliphatic carbocycles. The molecule has 0 rings (SSSR count). The van der Waals surface area contributed by atoms with Crippen LogP contribution in [0.1, 0.15) is 41.5 Å². The highest BCUT2D eigenvalue weighted by Crippen LogP contribution is 2.26. The molecule has 1 unspecified atom stereocenters. The van der Waals surface area contributed by atoms with Gasteiger partial charge in [-0.1, -0.05) is 34.6 Å². The molecule has 0 saturated carbocycles. The first kappa shape index (κ1) is 13.2. The first-order valence-electron chi connectivity index (χ1n) is 5.36. The van der Waals surface area contributed by atoms with Crippen LogP contribution >= 0.6 is 0 Å². The Morgan fingerprint density at radius 3 is 1.93 bits per heavy atom. The fourth-order valence-corrected chi connectivity index (χ4v) is 1.52. The summed E-state index contributed by atoms with van der Waals surface area (Å²) in [5.41, 5.74) is 7.85. The molecule has 0 saturated heterocycles. The summed E-state index contributed by atoms with van der Waals surface area (Å²) >= 11 is 0. The van der Waals surface area contributed by atoms with E-state index in [0.717, 1.165) is 5.70 Å². The lowest BCUT2D eigenvalue weighted by Gasteiger charge is -2.20. The zero-order valence-corrected chi connectivity index (χ0v) is 10.3. The van der Waals surface area contributed by atoms with Gasteiger partial charge < -0.3 is 5.73 Å². The van der Waals surface area contributed by atoms with E-state index in [9.17, 15) is 0 Å². The zero-order chi connectivity index (χ0) is 11.3. The van der Waals surface area contributed by atoms with Gasteiger partial charge in [0.2, 0.25) is 0 Å². The lowest BCUT2D eigenvalue weighted by atomic mass is 9.87. The monoisotopic (exact) mass is 196 g/mol. The van der Waals surface area contributed by atoms with Crippen molar-refractivity contribution < 1.29 is 0 Å².